The summed E-state index contributed by atoms with van der Waals surface area (Å²) in [6.45, 7) is 0.583. The Bertz CT molecular complexity index is 970. The van der Waals surface area contributed by atoms with Gasteiger partial charge < -0.3 is 10.2 Å². The Hall–Kier alpha value is -3.28. The lowest BCUT2D eigenvalue weighted by Crippen LogP contribution is -2.29. The summed E-state index contributed by atoms with van der Waals surface area (Å²) in [4.78, 5) is 18.6. The van der Waals surface area contributed by atoms with E-state index in [1.54, 1.807) is 11.0 Å². The van der Waals surface area contributed by atoms with Gasteiger partial charge in [0.05, 0.1) is 0 Å². The Balaban J connectivity index is 1.61. The van der Waals surface area contributed by atoms with Crippen LogP contribution in [-0.4, -0.2) is 17.4 Å². The predicted octanol–water partition coefficient (Wildman–Crippen LogP) is 4.31. The van der Waals surface area contributed by atoms with E-state index in [0.717, 1.165) is 17.7 Å². The molecule has 0 radical (unpaired) electrons. The Kier molecular flexibility index (Phi) is 4.08. The number of fused-ring (bicyclic) bond motifs is 1. The van der Waals surface area contributed by atoms with E-state index in [1.165, 1.54) is 30.5 Å². The van der Waals surface area contributed by atoms with Gasteiger partial charge in [-0.3, -0.25) is 9.78 Å². The largest absolute Gasteiger partial charge is 0.351 e. The molecule has 0 saturated carbocycles. The van der Waals surface area contributed by atoms with Crippen LogP contribution < -0.4 is 10.2 Å². The van der Waals surface area contributed by atoms with Crippen LogP contribution in [-0.2, 0) is 6.42 Å². The van der Waals surface area contributed by atoms with Gasteiger partial charge >= 0.3 is 0 Å². The van der Waals surface area contributed by atoms with E-state index in [0.29, 0.717) is 12.2 Å². The van der Waals surface area contributed by atoms with Gasteiger partial charge in [0.2, 0.25) is 0 Å². The fraction of sp³-hybridized carbons (Fsp3) is 0.100. The molecule has 1 aromatic heterocycles. The minimum atomic E-state index is -0.705. The number of carbonyl (C=O) groups excluding carboxylic acids is 1. The number of benzene rings is 2. The number of pyridine rings is 1. The fourth-order valence-corrected chi connectivity index (χ4v) is 3.07. The normalized spacial score (nSPS) is 12.8. The van der Waals surface area contributed by atoms with Crippen LogP contribution >= 0.6 is 0 Å². The van der Waals surface area contributed by atoms with Gasteiger partial charge in [0.15, 0.2) is 0 Å². The lowest BCUT2D eigenvalue weighted by molar-refractivity contribution is 0.0984. The first-order valence-corrected chi connectivity index (χ1v) is 8.20. The molecule has 0 bridgehead atoms. The molecule has 0 saturated heterocycles. The molecule has 4 rings (SSSR count). The van der Waals surface area contributed by atoms with E-state index in [4.69, 9.17) is 0 Å². The maximum Gasteiger partial charge on any atom is 0.276 e. The smallest absolute Gasteiger partial charge is 0.276 e. The van der Waals surface area contributed by atoms with Crippen LogP contribution in [0.1, 0.15) is 16.1 Å². The van der Waals surface area contributed by atoms with Gasteiger partial charge in [-0.15, -0.1) is 0 Å². The van der Waals surface area contributed by atoms with Crippen molar-refractivity contribution in [3.63, 3.8) is 0 Å². The number of hydrogen-bond acceptors (Lipinski definition) is 3. The third-order valence-electron chi connectivity index (χ3n) is 4.34. The van der Waals surface area contributed by atoms with Crippen LogP contribution in [0.15, 0.2) is 60.8 Å². The third kappa shape index (κ3) is 2.90. The van der Waals surface area contributed by atoms with E-state index >= 15 is 0 Å². The quantitative estimate of drug-likeness (QED) is 0.765. The minimum absolute atomic E-state index is 0.212. The number of aromatic nitrogens is 1. The second kappa shape index (κ2) is 6.55. The zero-order chi connectivity index (χ0) is 18.1. The molecule has 0 fully saturated rings. The van der Waals surface area contributed by atoms with Gasteiger partial charge in [0.1, 0.15) is 23.0 Å². The first-order chi connectivity index (χ1) is 12.6. The number of para-hydroxylation sites is 2. The lowest BCUT2D eigenvalue weighted by Gasteiger charge is -2.17. The molecule has 0 aliphatic carbocycles. The molecule has 3 aromatic rings. The van der Waals surface area contributed by atoms with Gasteiger partial charge in [0.25, 0.3) is 5.91 Å². The summed E-state index contributed by atoms with van der Waals surface area (Å²) < 4.78 is 27.6. The van der Waals surface area contributed by atoms with Crippen molar-refractivity contribution in [2.45, 2.75) is 6.42 Å². The second-order valence-corrected chi connectivity index (χ2v) is 5.99. The van der Waals surface area contributed by atoms with Crippen molar-refractivity contribution in [1.82, 2.24) is 4.98 Å². The van der Waals surface area contributed by atoms with E-state index in [9.17, 15) is 13.6 Å². The molecule has 1 aliphatic rings. The Morgan fingerprint density at radius 1 is 1.04 bits per heavy atom. The topological polar surface area (TPSA) is 45.2 Å². The molecule has 26 heavy (non-hydrogen) atoms. The highest BCUT2D eigenvalue weighted by Crippen LogP contribution is 2.29. The molecule has 2 aromatic carbocycles. The van der Waals surface area contributed by atoms with Gasteiger partial charge in [-0.2, -0.15) is 0 Å². The zero-order valence-corrected chi connectivity index (χ0v) is 13.7. The SMILES string of the molecule is O=C(c1cc(Nc2c(F)cccc2F)ccn1)N1CCc2ccccc21. The lowest BCUT2D eigenvalue weighted by atomic mass is 10.2. The van der Waals surface area contributed by atoms with E-state index in [-0.39, 0.29) is 17.3 Å². The Morgan fingerprint density at radius 3 is 2.62 bits per heavy atom. The molecule has 1 amide bonds. The summed E-state index contributed by atoms with van der Waals surface area (Å²) in [6.07, 6.45) is 2.23. The van der Waals surface area contributed by atoms with Crippen molar-refractivity contribution in [2.24, 2.45) is 0 Å². The molecule has 130 valence electrons. The summed E-state index contributed by atoms with van der Waals surface area (Å²) >= 11 is 0. The summed E-state index contributed by atoms with van der Waals surface area (Å²) in [6, 6.07) is 14.4. The van der Waals surface area contributed by atoms with Crippen LogP contribution in [0.25, 0.3) is 0 Å². The zero-order valence-electron chi connectivity index (χ0n) is 13.7. The number of hydrogen-bond donors (Lipinski definition) is 1. The van der Waals surface area contributed by atoms with Crippen molar-refractivity contribution in [3.8, 4) is 0 Å². The molecule has 6 heteroatoms. The average molecular weight is 351 g/mol. The third-order valence-corrected chi connectivity index (χ3v) is 4.34. The number of halogens is 2. The second-order valence-electron chi connectivity index (χ2n) is 5.99. The Labute approximate surface area is 149 Å². The highest BCUT2D eigenvalue weighted by molar-refractivity contribution is 6.06. The average Bonchev–Trinajstić information content (AvgIpc) is 3.09. The molecule has 1 N–H and O–H groups in total. The molecule has 0 spiro atoms. The number of carbonyl (C=O) groups is 1. The van der Waals surface area contributed by atoms with Crippen molar-refractivity contribution in [1.29, 1.82) is 0 Å². The first kappa shape index (κ1) is 16.2. The van der Waals surface area contributed by atoms with Crippen LogP contribution in [0.3, 0.4) is 0 Å². The molecule has 1 aliphatic heterocycles. The van der Waals surface area contributed by atoms with Crippen molar-refractivity contribution in [3.05, 3.63) is 83.7 Å². The van der Waals surface area contributed by atoms with E-state index in [1.807, 2.05) is 24.3 Å². The number of nitrogens with one attached hydrogen (secondary N) is 1. The summed E-state index contributed by atoms with van der Waals surface area (Å²) in [5, 5.41) is 2.68. The highest BCUT2D eigenvalue weighted by atomic mass is 19.1. The summed E-state index contributed by atoms with van der Waals surface area (Å²) in [7, 11) is 0. The number of rotatable bonds is 3. The van der Waals surface area contributed by atoms with Gasteiger partial charge in [-0.05, 0) is 42.3 Å². The van der Waals surface area contributed by atoms with Crippen molar-refractivity contribution in [2.75, 3.05) is 16.8 Å². The van der Waals surface area contributed by atoms with Gasteiger partial charge in [-0.1, -0.05) is 24.3 Å². The molecule has 0 unspecified atom stereocenters. The van der Waals surface area contributed by atoms with Crippen molar-refractivity contribution < 1.29 is 13.6 Å². The van der Waals surface area contributed by atoms with Crippen LogP contribution in [0.4, 0.5) is 25.8 Å². The van der Waals surface area contributed by atoms with Crippen LogP contribution in [0, 0.1) is 11.6 Å². The molecule has 2 heterocycles. The summed E-state index contributed by atoms with van der Waals surface area (Å²) in [5.41, 5.74) is 2.33. The van der Waals surface area contributed by atoms with Gasteiger partial charge in [0, 0.05) is 24.1 Å². The van der Waals surface area contributed by atoms with Gasteiger partial charge in [-0.25, -0.2) is 8.78 Å². The predicted molar refractivity (Wildman–Crippen MR) is 95.7 cm³/mol. The molecule has 4 nitrogen and oxygen atoms in total. The fourth-order valence-electron chi connectivity index (χ4n) is 3.07. The molecule has 0 atom stereocenters. The monoisotopic (exact) mass is 351 g/mol. The van der Waals surface area contributed by atoms with Crippen LogP contribution in [0.2, 0.25) is 0 Å². The minimum Gasteiger partial charge on any atom is -0.351 e. The number of amides is 1. The highest BCUT2D eigenvalue weighted by Gasteiger charge is 2.26. The maximum atomic E-state index is 13.8. The van der Waals surface area contributed by atoms with Crippen molar-refractivity contribution >= 4 is 23.0 Å². The first-order valence-electron chi connectivity index (χ1n) is 8.20. The Morgan fingerprint density at radius 2 is 1.81 bits per heavy atom. The molecular weight excluding hydrogens is 336 g/mol. The summed E-state index contributed by atoms with van der Waals surface area (Å²) in [5.74, 6) is -1.65. The standard InChI is InChI=1S/C20H15F2N3O/c21-15-5-3-6-16(22)19(15)24-14-8-10-23-17(12-14)20(26)25-11-9-13-4-1-2-7-18(13)25/h1-8,10,12H,9,11H2,(H,23,24). The maximum absolute atomic E-state index is 13.8. The van der Waals surface area contributed by atoms with Crippen LogP contribution in [0.5, 0.6) is 0 Å². The number of anilines is 3. The molecular formula is C20H15F2N3O. The van der Waals surface area contributed by atoms with E-state index < -0.39 is 11.6 Å². The van der Waals surface area contributed by atoms with E-state index in [2.05, 4.69) is 10.3 Å². The number of nitrogens with zero attached hydrogens (tertiary/aromatic N) is 2.